The lowest BCUT2D eigenvalue weighted by molar-refractivity contribution is 0.325. The van der Waals surface area contributed by atoms with Crippen LogP contribution in [0.25, 0.3) is 55.4 Å². The van der Waals surface area contributed by atoms with Gasteiger partial charge in [-0.25, -0.2) is 0 Å². The quantitative estimate of drug-likeness (QED) is 0.232. The molecular weight excluding hydrogens is 474 g/mol. The fourth-order valence-corrected chi connectivity index (χ4v) is 6.61. The van der Waals surface area contributed by atoms with Crippen LogP contribution in [-0.2, 0) is 5.41 Å². The van der Waals surface area contributed by atoms with Crippen molar-refractivity contribution in [3.63, 3.8) is 0 Å². The fraction of sp³-hybridized carbons (Fsp3) is 0.216. The maximum atomic E-state index is 6.75. The largest absolute Gasteiger partial charge is 0.455 e. The Morgan fingerprint density at radius 1 is 0.692 bits per heavy atom. The van der Waals surface area contributed by atoms with Gasteiger partial charge in [0.05, 0.1) is 5.69 Å². The van der Waals surface area contributed by atoms with Crippen molar-refractivity contribution < 1.29 is 4.42 Å². The van der Waals surface area contributed by atoms with E-state index in [0.29, 0.717) is 0 Å². The van der Waals surface area contributed by atoms with Crippen LogP contribution in [0.2, 0.25) is 0 Å². The summed E-state index contributed by atoms with van der Waals surface area (Å²) < 4.78 is 6.75. The van der Waals surface area contributed by atoms with Crippen molar-refractivity contribution in [2.75, 3.05) is 0 Å². The molecule has 0 N–H and O–H groups in total. The van der Waals surface area contributed by atoms with Gasteiger partial charge in [-0.15, -0.1) is 0 Å². The highest BCUT2D eigenvalue weighted by Gasteiger charge is 2.33. The van der Waals surface area contributed by atoms with Crippen LogP contribution in [0.1, 0.15) is 45.1 Å². The molecule has 0 spiro atoms. The van der Waals surface area contributed by atoms with Crippen LogP contribution in [0.15, 0.2) is 114 Å². The van der Waals surface area contributed by atoms with Crippen molar-refractivity contribution in [2.45, 2.75) is 44.9 Å². The number of nitrogens with zero attached hydrogens (tertiary/aromatic N) is 1. The van der Waals surface area contributed by atoms with E-state index >= 15 is 0 Å². The normalized spacial score (nSPS) is 14.4. The molecule has 2 heterocycles. The third-order valence-electron chi connectivity index (χ3n) is 8.97. The first-order valence-electron chi connectivity index (χ1n) is 14.2. The van der Waals surface area contributed by atoms with E-state index in [0.717, 1.165) is 44.7 Å². The van der Waals surface area contributed by atoms with E-state index in [4.69, 9.17) is 9.40 Å². The summed E-state index contributed by atoms with van der Waals surface area (Å²) in [5, 5.41) is 2.28. The van der Waals surface area contributed by atoms with Crippen molar-refractivity contribution in [1.29, 1.82) is 0 Å². The number of pyridine rings is 1. The van der Waals surface area contributed by atoms with Crippen LogP contribution in [0.5, 0.6) is 0 Å². The van der Waals surface area contributed by atoms with Crippen molar-refractivity contribution in [3.05, 3.63) is 115 Å². The van der Waals surface area contributed by atoms with E-state index in [1.807, 2.05) is 6.20 Å². The highest BCUT2D eigenvalue weighted by molar-refractivity contribution is 6.16. The van der Waals surface area contributed by atoms with E-state index in [9.17, 15) is 0 Å². The van der Waals surface area contributed by atoms with Gasteiger partial charge in [0, 0.05) is 22.5 Å². The molecular formula is C37H33NO. The molecule has 1 aliphatic rings. The average Bonchev–Trinajstić information content (AvgIpc) is 3.67. The van der Waals surface area contributed by atoms with Crippen LogP contribution in [0.4, 0.5) is 0 Å². The molecule has 1 saturated carbocycles. The Bertz CT molecular complexity index is 1770. The number of rotatable bonds is 5. The molecule has 2 nitrogen and oxygen atoms in total. The maximum Gasteiger partial charge on any atom is 0.145 e. The zero-order valence-corrected chi connectivity index (χ0v) is 22.7. The minimum absolute atomic E-state index is 0.121. The minimum Gasteiger partial charge on any atom is -0.455 e. The van der Waals surface area contributed by atoms with Gasteiger partial charge in [0.15, 0.2) is 0 Å². The molecule has 192 valence electrons. The third kappa shape index (κ3) is 4.15. The molecule has 2 heteroatoms. The van der Waals surface area contributed by atoms with Crippen LogP contribution in [-0.4, -0.2) is 4.98 Å². The maximum absolute atomic E-state index is 6.75. The summed E-state index contributed by atoms with van der Waals surface area (Å²) in [6.07, 6.45) is 7.30. The van der Waals surface area contributed by atoms with Gasteiger partial charge in [0.25, 0.3) is 0 Å². The molecule has 7 rings (SSSR count). The Hall–Kier alpha value is -4.17. The predicted octanol–water partition coefficient (Wildman–Crippen LogP) is 10.4. The predicted molar refractivity (Wildman–Crippen MR) is 163 cm³/mol. The van der Waals surface area contributed by atoms with Gasteiger partial charge in [-0.3, -0.25) is 4.98 Å². The number of hydrogen-bond donors (Lipinski definition) is 0. The SMILES string of the molecule is CC(C)(c1ccnc(-c2ccc(-c3ccccc3)c3c2oc2cc(-c4ccccc4)ccc23)c1)C1CCCC1. The highest BCUT2D eigenvalue weighted by Crippen LogP contribution is 2.45. The summed E-state index contributed by atoms with van der Waals surface area (Å²) >= 11 is 0. The number of furan rings is 1. The first kappa shape index (κ1) is 23.9. The standard InChI is InChI=1S/C37H33NO/c1-37(2,28-15-9-10-16-28)29-21-22-38-33(24-29)31-20-19-30(26-13-7-4-8-14-26)35-32-18-17-27(23-34(32)39-36(31)35)25-11-5-3-6-12-25/h3-8,11-14,17-24,28H,9-10,15-16H2,1-2H3. The van der Waals surface area contributed by atoms with E-state index in [2.05, 4.69) is 117 Å². The van der Waals surface area contributed by atoms with Crippen molar-refractivity contribution in [2.24, 2.45) is 5.92 Å². The summed E-state index contributed by atoms with van der Waals surface area (Å²) in [4.78, 5) is 4.88. The second kappa shape index (κ2) is 9.54. The van der Waals surface area contributed by atoms with Crippen molar-refractivity contribution in [3.8, 4) is 33.5 Å². The van der Waals surface area contributed by atoms with Crippen LogP contribution >= 0.6 is 0 Å². The Balaban J connectivity index is 1.44. The van der Waals surface area contributed by atoms with Crippen molar-refractivity contribution in [1.82, 2.24) is 4.98 Å². The van der Waals surface area contributed by atoms with Gasteiger partial charge in [0.1, 0.15) is 11.2 Å². The molecule has 39 heavy (non-hydrogen) atoms. The molecule has 6 aromatic rings. The van der Waals surface area contributed by atoms with Gasteiger partial charge < -0.3 is 4.42 Å². The number of aromatic nitrogens is 1. The zero-order valence-electron chi connectivity index (χ0n) is 22.7. The lowest BCUT2D eigenvalue weighted by atomic mass is 9.72. The van der Waals surface area contributed by atoms with E-state index < -0.39 is 0 Å². The summed E-state index contributed by atoms with van der Waals surface area (Å²) in [6, 6.07) is 36.7. The summed E-state index contributed by atoms with van der Waals surface area (Å²) in [6.45, 7) is 4.81. The second-order valence-electron chi connectivity index (χ2n) is 11.5. The van der Waals surface area contributed by atoms with Crippen molar-refractivity contribution >= 4 is 21.9 Å². The zero-order chi connectivity index (χ0) is 26.4. The fourth-order valence-electron chi connectivity index (χ4n) is 6.61. The number of fused-ring (bicyclic) bond motifs is 3. The molecule has 0 aliphatic heterocycles. The van der Waals surface area contributed by atoms with Crippen LogP contribution < -0.4 is 0 Å². The number of benzene rings is 4. The van der Waals surface area contributed by atoms with Crippen LogP contribution in [0, 0.1) is 5.92 Å². The second-order valence-corrected chi connectivity index (χ2v) is 11.5. The molecule has 0 unspecified atom stereocenters. The molecule has 1 fully saturated rings. The average molecular weight is 508 g/mol. The molecule has 0 amide bonds. The molecule has 2 aromatic heterocycles. The summed E-state index contributed by atoms with van der Waals surface area (Å²) in [5.41, 5.74) is 10.0. The molecule has 1 aliphatic carbocycles. The lowest BCUT2D eigenvalue weighted by Gasteiger charge is -2.32. The van der Waals surface area contributed by atoms with E-state index in [1.165, 1.54) is 47.9 Å². The van der Waals surface area contributed by atoms with Gasteiger partial charge in [-0.1, -0.05) is 99.5 Å². The summed E-state index contributed by atoms with van der Waals surface area (Å²) in [7, 11) is 0. The Kier molecular flexibility index (Phi) is 5.85. The Morgan fingerprint density at radius 3 is 2.13 bits per heavy atom. The molecule has 0 atom stereocenters. The molecule has 0 radical (unpaired) electrons. The van der Waals surface area contributed by atoms with E-state index in [1.54, 1.807) is 0 Å². The molecule has 4 aromatic carbocycles. The first-order chi connectivity index (χ1) is 19.1. The van der Waals surface area contributed by atoms with Gasteiger partial charge in [0.2, 0.25) is 0 Å². The third-order valence-corrected chi connectivity index (χ3v) is 8.97. The monoisotopic (exact) mass is 507 g/mol. The lowest BCUT2D eigenvalue weighted by Crippen LogP contribution is -2.26. The van der Waals surface area contributed by atoms with Crippen LogP contribution in [0.3, 0.4) is 0 Å². The topological polar surface area (TPSA) is 26.0 Å². The highest BCUT2D eigenvalue weighted by atomic mass is 16.3. The van der Waals surface area contributed by atoms with Gasteiger partial charge in [-0.2, -0.15) is 0 Å². The first-order valence-corrected chi connectivity index (χ1v) is 14.2. The summed E-state index contributed by atoms with van der Waals surface area (Å²) in [5.74, 6) is 0.718. The molecule has 0 bridgehead atoms. The Morgan fingerprint density at radius 2 is 1.38 bits per heavy atom. The minimum atomic E-state index is 0.121. The smallest absolute Gasteiger partial charge is 0.145 e. The molecule has 0 saturated heterocycles. The number of hydrogen-bond acceptors (Lipinski definition) is 2. The Labute approximate surface area is 230 Å². The van der Waals surface area contributed by atoms with E-state index in [-0.39, 0.29) is 5.41 Å². The van der Waals surface area contributed by atoms with Gasteiger partial charge in [-0.05, 0) is 82.3 Å². The van der Waals surface area contributed by atoms with Gasteiger partial charge >= 0.3 is 0 Å².